The summed E-state index contributed by atoms with van der Waals surface area (Å²) in [5.74, 6) is 0. The summed E-state index contributed by atoms with van der Waals surface area (Å²) in [4.78, 5) is 12.4. The minimum atomic E-state index is -0.716. The normalized spacial score (nSPS) is 17.6. The molecule has 1 aromatic heterocycles. The minimum absolute atomic E-state index is 0.432. The summed E-state index contributed by atoms with van der Waals surface area (Å²) in [5, 5.41) is 2.75. The van der Waals surface area contributed by atoms with E-state index in [1.165, 1.54) is 11.3 Å². The van der Waals surface area contributed by atoms with Gasteiger partial charge in [0.1, 0.15) is 11.2 Å². The number of anilines is 1. The van der Waals surface area contributed by atoms with Gasteiger partial charge in [-0.2, -0.15) is 0 Å². The van der Waals surface area contributed by atoms with Crippen LogP contribution in [0.2, 0.25) is 0 Å². The molecule has 0 spiro atoms. The van der Waals surface area contributed by atoms with E-state index < -0.39 is 6.17 Å². The van der Waals surface area contributed by atoms with Crippen molar-refractivity contribution in [3.8, 4) is 0 Å². The second-order valence-corrected chi connectivity index (χ2v) is 3.70. The molecular formula is C8H8FNOS. The number of hydrogen-bond donors (Lipinski definition) is 0. The van der Waals surface area contributed by atoms with Gasteiger partial charge in [0.15, 0.2) is 6.29 Å². The van der Waals surface area contributed by atoms with Crippen molar-refractivity contribution < 1.29 is 9.18 Å². The molecule has 0 bridgehead atoms. The van der Waals surface area contributed by atoms with Crippen molar-refractivity contribution in [2.75, 3.05) is 18.0 Å². The lowest BCUT2D eigenvalue weighted by molar-refractivity contribution is 0.112. The van der Waals surface area contributed by atoms with Gasteiger partial charge in [0.2, 0.25) is 0 Å². The number of halogens is 1. The molecule has 1 saturated heterocycles. The Hall–Kier alpha value is -0.900. The Morgan fingerprint density at radius 2 is 2.42 bits per heavy atom. The lowest BCUT2D eigenvalue weighted by Gasteiger charge is -2.35. The second-order valence-electron chi connectivity index (χ2n) is 2.80. The van der Waals surface area contributed by atoms with E-state index in [2.05, 4.69) is 0 Å². The third kappa shape index (κ3) is 1.12. The summed E-state index contributed by atoms with van der Waals surface area (Å²) in [5.41, 5.74) is 0.673. The molecule has 2 nitrogen and oxygen atoms in total. The Bertz CT molecular complexity index is 293. The van der Waals surface area contributed by atoms with E-state index in [-0.39, 0.29) is 0 Å². The van der Waals surface area contributed by atoms with Crippen molar-refractivity contribution >= 4 is 22.6 Å². The molecule has 1 aliphatic rings. The van der Waals surface area contributed by atoms with Gasteiger partial charge < -0.3 is 4.90 Å². The topological polar surface area (TPSA) is 20.3 Å². The number of alkyl halides is 1. The molecule has 1 aromatic rings. The van der Waals surface area contributed by atoms with Crippen LogP contribution >= 0.6 is 11.3 Å². The van der Waals surface area contributed by atoms with Crippen molar-refractivity contribution in [1.82, 2.24) is 0 Å². The Labute approximate surface area is 73.6 Å². The molecule has 0 aromatic carbocycles. The van der Waals surface area contributed by atoms with Crippen LogP contribution in [0.5, 0.6) is 0 Å². The zero-order valence-electron chi connectivity index (χ0n) is 6.37. The highest BCUT2D eigenvalue weighted by atomic mass is 32.1. The van der Waals surface area contributed by atoms with E-state index in [4.69, 9.17) is 0 Å². The number of rotatable bonds is 2. The van der Waals surface area contributed by atoms with E-state index in [9.17, 15) is 9.18 Å². The summed E-state index contributed by atoms with van der Waals surface area (Å²) in [6.07, 6.45) is 0.101. The van der Waals surface area contributed by atoms with Crippen LogP contribution in [-0.4, -0.2) is 25.5 Å². The zero-order valence-corrected chi connectivity index (χ0v) is 7.18. The summed E-state index contributed by atoms with van der Waals surface area (Å²) < 4.78 is 12.5. The fourth-order valence-electron chi connectivity index (χ4n) is 1.25. The van der Waals surface area contributed by atoms with Crippen LogP contribution in [-0.2, 0) is 0 Å². The summed E-state index contributed by atoms with van der Waals surface area (Å²) in [7, 11) is 0. The Kier molecular flexibility index (Phi) is 1.84. The summed E-state index contributed by atoms with van der Waals surface area (Å²) in [6.45, 7) is 0.864. The molecule has 0 unspecified atom stereocenters. The Morgan fingerprint density at radius 3 is 3.00 bits per heavy atom. The van der Waals surface area contributed by atoms with Crippen LogP contribution in [0.3, 0.4) is 0 Å². The fraction of sp³-hybridized carbons (Fsp3) is 0.375. The maximum absolute atomic E-state index is 12.5. The number of hydrogen-bond acceptors (Lipinski definition) is 3. The van der Waals surface area contributed by atoms with Crippen LogP contribution in [0.15, 0.2) is 11.4 Å². The van der Waals surface area contributed by atoms with E-state index in [0.717, 1.165) is 11.3 Å². The maximum atomic E-state index is 12.5. The Morgan fingerprint density at radius 1 is 1.67 bits per heavy atom. The quantitative estimate of drug-likeness (QED) is 0.654. The second kappa shape index (κ2) is 2.86. The van der Waals surface area contributed by atoms with Crippen LogP contribution in [0.1, 0.15) is 10.4 Å². The lowest BCUT2D eigenvalue weighted by Crippen LogP contribution is -2.48. The maximum Gasteiger partial charge on any atom is 0.153 e. The highest BCUT2D eigenvalue weighted by Crippen LogP contribution is 2.30. The first kappa shape index (κ1) is 7.73. The van der Waals surface area contributed by atoms with Crippen LogP contribution in [0.25, 0.3) is 0 Å². The van der Waals surface area contributed by atoms with Crippen molar-refractivity contribution in [2.24, 2.45) is 0 Å². The predicted octanol–water partition coefficient (Wildman–Crippen LogP) is 1.72. The minimum Gasteiger partial charge on any atom is -0.357 e. The molecule has 0 saturated carbocycles. The molecule has 0 aliphatic carbocycles. The van der Waals surface area contributed by atoms with Gasteiger partial charge in [-0.25, -0.2) is 4.39 Å². The van der Waals surface area contributed by atoms with E-state index in [0.29, 0.717) is 18.7 Å². The molecular weight excluding hydrogens is 177 g/mol. The molecule has 0 radical (unpaired) electrons. The zero-order chi connectivity index (χ0) is 8.55. The average molecular weight is 185 g/mol. The van der Waals surface area contributed by atoms with Crippen molar-refractivity contribution in [3.05, 3.63) is 17.0 Å². The van der Waals surface area contributed by atoms with Gasteiger partial charge in [0, 0.05) is 5.56 Å². The van der Waals surface area contributed by atoms with Crippen molar-refractivity contribution in [2.45, 2.75) is 6.17 Å². The van der Waals surface area contributed by atoms with Crippen LogP contribution in [0, 0.1) is 0 Å². The standard InChI is InChI=1S/C8H8FNOS/c9-7-3-10(4-7)8-6(5-11)1-2-12-8/h1-2,5,7H,3-4H2. The molecule has 2 rings (SSSR count). The number of carbonyl (C=O) groups excluding carboxylic acids is 1. The third-order valence-electron chi connectivity index (χ3n) is 1.93. The molecule has 64 valence electrons. The van der Waals surface area contributed by atoms with Crippen molar-refractivity contribution in [3.63, 3.8) is 0 Å². The van der Waals surface area contributed by atoms with Gasteiger partial charge in [0.05, 0.1) is 13.1 Å². The highest BCUT2D eigenvalue weighted by molar-refractivity contribution is 7.14. The van der Waals surface area contributed by atoms with Gasteiger partial charge in [-0.05, 0) is 11.4 Å². The van der Waals surface area contributed by atoms with E-state index in [1.54, 1.807) is 6.07 Å². The Balaban J connectivity index is 2.17. The molecule has 4 heteroatoms. The van der Waals surface area contributed by atoms with Gasteiger partial charge in [-0.15, -0.1) is 11.3 Å². The first-order valence-electron chi connectivity index (χ1n) is 3.73. The van der Waals surface area contributed by atoms with Gasteiger partial charge >= 0.3 is 0 Å². The molecule has 12 heavy (non-hydrogen) atoms. The molecule has 1 aliphatic heterocycles. The van der Waals surface area contributed by atoms with Crippen LogP contribution in [0.4, 0.5) is 9.39 Å². The SMILES string of the molecule is O=Cc1ccsc1N1CC(F)C1. The van der Waals surface area contributed by atoms with Gasteiger partial charge in [-0.1, -0.05) is 0 Å². The number of nitrogens with zero attached hydrogens (tertiary/aromatic N) is 1. The number of carbonyl (C=O) groups is 1. The molecule has 2 heterocycles. The third-order valence-corrected chi connectivity index (χ3v) is 2.91. The van der Waals surface area contributed by atoms with E-state index >= 15 is 0 Å². The summed E-state index contributed by atoms with van der Waals surface area (Å²) in [6, 6.07) is 1.76. The largest absolute Gasteiger partial charge is 0.357 e. The molecule has 1 fully saturated rings. The van der Waals surface area contributed by atoms with Gasteiger partial charge in [-0.3, -0.25) is 4.79 Å². The van der Waals surface area contributed by atoms with Crippen LogP contribution < -0.4 is 4.90 Å². The fourth-order valence-corrected chi connectivity index (χ4v) is 2.14. The predicted molar refractivity (Wildman–Crippen MR) is 46.8 cm³/mol. The highest BCUT2D eigenvalue weighted by Gasteiger charge is 2.28. The molecule has 0 atom stereocenters. The van der Waals surface area contributed by atoms with E-state index in [1.807, 2.05) is 10.3 Å². The number of aldehydes is 1. The first-order valence-corrected chi connectivity index (χ1v) is 4.61. The molecule has 0 N–H and O–H groups in total. The van der Waals surface area contributed by atoms with Gasteiger partial charge in [0.25, 0.3) is 0 Å². The molecule has 0 amide bonds. The first-order chi connectivity index (χ1) is 5.81. The number of thiophene rings is 1. The lowest BCUT2D eigenvalue weighted by atomic mass is 10.2. The monoisotopic (exact) mass is 185 g/mol. The smallest absolute Gasteiger partial charge is 0.153 e. The van der Waals surface area contributed by atoms with Crippen molar-refractivity contribution in [1.29, 1.82) is 0 Å². The average Bonchev–Trinajstić information content (AvgIpc) is 2.45. The summed E-state index contributed by atoms with van der Waals surface area (Å²) >= 11 is 1.49.